The Morgan fingerprint density at radius 2 is 2.14 bits per heavy atom. The summed E-state index contributed by atoms with van der Waals surface area (Å²) in [6.45, 7) is 1.50. The van der Waals surface area contributed by atoms with Crippen molar-refractivity contribution < 1.29 is 27.9 Å². The number of carboxylic acid groups (broad SMARTS) is 1. The number of anilines is 1. The molecular formula is C12H8F3N3O3. The first-order chi connectivity index (χ1) is 9.79. The molecule has 110 valence electrons. The number of benzene rings is 1. The number of hydrogen-bond donors (Lipinski definition) is 2. The predicted molar refractivity (Wildman–Crippen MR) is 64.5 cm³/mol. The molecule has 6 nitrogen and oxygen atoms in total. The highest BCUT2D eigenvalue weighted by atomic mass is 19.4. The fourth-order valence-electron chi connectivity index (χ4n) is 2.12. The van der Waals surface area contributed by atoms with Crippen LogP contribution in [0.4, 0.5) is 18.9 Å². The summed E-state index contributed by atoms with van der Waals surface area (Å²) in [6.07, 6.45) is -4.48. The number of aromatic carboxylic acids is 1. The minimum atomic E-state index is -4.48. The molecule has 3 rings (SSSR count). The Morgan fingerprint density at radius 3 is 2.76 bits per heavy atom. The van der Waals surface area contributed by atoms with Crippen LogP contribution in [-0.2, 0) is 6.18 Å². The van der Waals surface area contributed by atoms with E-state index < -0.39 is 17.7 Å². The number of rotatable bonds is 1. The third-order valence-electron chi connectivity index (χ3n) is 3.10. The van der Waals surface area contributed by atoms with E-state index in [2.05, 4.69) is 10.5 Å². The first-order valence-electron chi connectivity index (χ1n) is 5.76. The van der Waals surface area contributed by atoms with Gasteiger partial charge in [-0.15, -0.1) is 0 Å². The van der Waals surface area contributed by atoms with Gasteiger partial charge in [0.2, 0.25) is 0 Å². The summed E-state index contributed by atoms with van der Waals surface area (Å²) in [6, 6.07) is 2.99. The lowest BCUT2D eigenvalue weighted by Crippen LogP contribution is -2.18. The number of imidazole rings is 1. The molecule has 0 aliphatic carbocycles. The second-order valence-electron chi connectivity index (χ2n) is 4.40. The van der Waals surface area contributed by atoms with Crippen LogP contribution in [0.2, 0.25) is 0 Å². The van der Waals surface area contributed by atoms with E-state index in [1.165, 1.54) is 17.6 Å². The molecule has 2 aromatic rings. The predicted octanol–water partition coefficient (Wildman–Crippen LogP) is 2.62. The number of fused-ring (bicyclic) bond motifs is 3. The van der Waals surface area contributed by atoms with Crippen molar-refractivity contribution in [2.24, 2.45) is 0 Å². The first kappa shape index (κ1) is 13.3. The topological polar surface area (TPSA) is 76.4 Å². The highest BCUT2D eigenvalue weighted by Crippen LogP contribution is 2.37. The molecule has 0 bridgehead atoms. The van der Waals surface area contributed by atoms with E-state index in [9.17, 15) is 18.0 Å². The van der Waals surface area contributed by atoms with E-state index in [1.807, 2.05) is 0 Å². The van der Waals surface area contributed by atoms with E-state index in [1.54, 1.807) is 0 Å². The Kier molecular flexibility index (Phi) is 2.62. The number of nitrogens with one attached hydrogen (secondary N) is 1. The van der Waals surface area contributed by atoms with Gasteiger partial charge in [-0.3, -0.25) is 4.57 Å². The van der Waals surface area contributed by atoms with E-state index >= 15 is 0 Å². The zero-order valence-electron chi connectivity index (χ0n) is 10.5. The van der Waals surface area contributed by atoms with Crippen LogP contribution in [-0.4, -0.2) is 20.6 Å². The van der Waals surface area contributed by atoms with Crippen molar-refractivity contribution in [2.45, 2.75) is 13.1 Å². The van der Waals surface area contributed by atoms with Crippen molar-refractivity contribution in [2.75, 3.05) is 5.48 Å². The largest absolute Gasteiger partial charge is 0.476 e. The van der Waals surface area contributed by atoms with Gasteiger partial charge >= 0.3 is 18.2 Å². The van der Waals surface area contributed by atoms with E-state index in [0.29, 0.717) is 5.69 Å². The van der Waals surface area contributed by atoms with E-state index in [-0.39, 0.29) is 23.1 Å². The normalized spacial score (nSPS) is 13.0. The lowest BCUT2D eigenvalue weighted by Gasteiger charge is -2.21. The van der Waals surface area contributed by atoms with Crippen LogP contribution in [0.3, 0.4) is 0 Å². The highest BCUT2D eigenvalue weighted by molar-refractivity contribution is 5.87. The monoisotopic (exact) mass is 299 g/mol. The van der Waals surface area contributed by atoms with Gasteiger partial charge in [-0.05, 0) is 25.1 Å². The maximum absolute atomic E-state index is 12.7. The SMILES string of the molecule is Cc1c(C(=O)O)nc2n1-c1ccc(C(F)(F)F)cc1NO2. The lowest BCUT2D eigenvalue weighted by molar-refractivity contribution is -0.137. The zero-order valence-corrected chi connectivity index (χ0v) is 10.5. The molecule has 0 spiro atoms. The summed E-state index contributed by atoms with van der Waals surface area (Å²) in [7, 11) is 0. The molecule has 0 unspecified atom stereocenters. The van der Waals surface area contributed by atoms with Crippen LogP contribution in [0.15, 0.2) is 18.2 Å². The number of carboxylic acids is 1. The Balaban J connectivity index is 2.18. The first-order valence-corrected chi connectivity index (χ1v) is 5.76. The van der Waals surface area contributed by atoms with E-state index in [0.717, 1.165) is 12.1 Å². The van der Waals surface area contributed by atoms with Gasteiger partial charge in [-0.2, -0.15) is 18.2 Å². The Bertz CT molecular complexity index is 752. The molecule has 0 radical (unpaired) electrons. The average molecular weight is 299 g/mol. The Labute approximate surface area is 115 Å². The maximum Gasteiger partial charge on any atom is 0.416 e. The van der Waals surface area contributed by atoms with Crippen LogP contribution in [0.5, 0.6) is 6.01 Å². The summed E-state index contributed by atoms with van der Waals surface area (Å²) in [4.78, 5) is 19.8. The maximum atomic E-state index is 12.7. The van der Waals surface area contributed by atoms with Crippen molar-refractivity contribution >= 4 is 11.7 Å². The third-order valence-corrected chi connectivity index (χ3v) is 3.10. The molecule has 0 saturated carbocycles. The van der Waals surface area contributed by atoms with Gasteiger partial charge in [0.25, 0.3) is 0 Å². The van der Waals surface area contributed by atoms with Gasteiger partial charge in [0.15, 0.2) is 5.69 Å². The van der Waals surface area contributed by atoms with Crippen LogP contribution in [0, 0.1) is 6.92 Å². The van der Waals surface area contributed by atoms with Crippen LogP contribution >= 0.6 is 0 Å². The molecule has 21 heavy (non-hydrogen) atoms. The second kappa shape index (κ2) is 4.14. The van der Waals surface area contributed by atoms with Crippen molar-refractivity contribution in [1.29, 1.82) is 0 Å². The summed E-state index contributed by atoms with van der Waals surface area (Å²) < 4.78 is 39.4. The molecule has 1 aromatic carbocycles. The van der Waals surface area contributed by atoms with Crippen molar-refractivity contribution in [3.8, 4) is 11.7 Å². The minimum Gasteiger partial charge on any atom is -0.476 e. The molecule has 0 saturated heterocycles. The van der Waals surface area contributed by atoms with Crippen molar-refractivity contribution in [3.63, 3.8) is 0 Å². The van der Waals surface area contributed by atoms with Gasteiger partial charge in [0, 0.05) is 0 Å². The molecule has 1 aromatic heterocycles. The van der Waals surface area contributed by atoms with Crippen LogP contribution in [0.25, 0.3) is 5.69 Å². The second-order valence-corrected chi connectivity index (χ2v) is 4.40. The van der Waals surface area contributed by atoms with Crippen LogP contribution < -0.4 is 10.3 Å². The van der Waals surface area contributed by atoms with Crippen molar-refractivity contribution in [1.82, 2.24) is 9.55 Å². The number of aromatic nitrogens is 2. The molecule has 1 aliphatic heterocycles. The Hall–Kier alpha value is -2.71. The zero-order chi connectivity index (χ0) is 15.4. The summed E-state index contributed by atoms with van der Waals surface area (Å²) in [5, 5.41) is 9.01. The van der Waals surface area contributed by atoms with Gasteiger partial charge in [-0.1, -0.05) is 0 Å². The summed E-state index contributed by atoms with van der Waals surface area (Å²) in [5.41, 5.74) is 1.95. The van der Waals surface area contributed by atoms with Crippen molar-refractivity contribution in [3.05, 3.63) is 35.2 Å². The van der Waals surface area contributed by atoms with Gasteiger partial charge in [0.1, 0.15) is 0 Å². The third kappa shape index (κ3) is 1.97. The average Bonchev–Trinajstić information content (AvgIpc) is 2.75. The minimum absolute atomic E-state index is 0.0443. The number of halogens is 3. The number of carbonyl (C=O) groups is 1. The number of alkyl halides is 3. The molecule has 1 aliphatic rings. The highest BCUT2D eigenvalue weighted by Gasteiger charge is 2.33. The fourth-order valence-corrected chi connectivity index (χ4v) is 2.12. The number of hydrogen-bond acceptors (Lipinski definition) is 4. The molecule has 0 fully saturated rings. The summed E-state index contributed by atoms with van der Waals surface area (Å²) in [5.74, 6) is -1.24. The number of nitrogens with zero attached hydrogens (tertiary/aromatic N) is 2. The molecule has 0 atom stereocenters. The lowest BCUT2D eigenvalue weighted by atomic mass is 10.1. The Morgan fingerprint density at radius 1 is 1.43 bits per heavy atom. The molecule has 2 heterocycles. The summed E-state index contributed by atoms with van der Waals surface area (Å²) >= 11 is 0. The molecule has 2 N–H and O–H groups in total. The van der Waals surface area contributed by atoms with Gasteiger partial charge < -0.3 is 9.94 Å². The van der Waals surface area contributed by atoms with Crippen LogP contribution in [0.1, 0.15) is 21.7 Å². The van der Waals surface area contributed by atoms with Gasteiger partial charge in [0.05, 0.1) is 22.6 Å². The fraction of sp³-hybridized carbons (Fsp3) is 0.167. The van der Waals surface area contributed by atoms with Gasteiger partial charge in [-0.25, -0.2) is 10.3 Å². The standard InChI is InChI=1S/C12H8F3N3O3/c1-5-9(10(19)20)16-11-18(5)8-3-2-6(12(13,14)15)4-7(8)17-21-11/h2-4,17H,1H3,(H,19,20). The molecular weight excluding hydrogens is 291 g/mol. The smallest absolute Gasteiger partial charge is 0.416 e. The molecule has 0 amide bonds. The van der Waals surface area contributed by atoms with E-state index in [4.69, 9.17) is 9.94 Å². The quantitative estimate of drug-likeness (QED) is 0.846. The molecule has 9 heteroatoms.